The fourth-order valence-electron chi connectivity index (χ4n) is 2.18. The Kier molecular flexibility index (Phi) is 6.31. The minimum absolute atomic E-state index is 0.200. The summed E-state index contributed by atoms with van der Waals surface area (Å²) >= 11 is 16.6. The number of carbonyl (C=O) groups is 2. The Morgan fingerprint density at radius 1 is 1.25 bits per heavy atom. The van der Waals surface area contributed by atoms with Gasteiger partial charge in [0.2, 0.25) is 0 Å². The van der Waals surface area contributed by atoms with Gasteiger partial charge in [-0.05, 0) is 54.0 Å². The van der Waals surface area contributed by atoms with Crippen molar-refractivity contribution >= 4 is 68.0 Å². The molecule has 0 atom stereocenters. The lowest BCUT2D eigenvalue weighted by Gasteiger charge is -2.27. The van der Waals surface area contributed by atoms with Crippen LogP contribution in [0.15, 0.2) is 28.1 Å². The van der Waals surface area contributed by atoms with Crippen LogP contribution in [0.1, 0.15) is 33.9 Å². The molecule has 1 aromatic heterocycles. The molecule has 2 rings (SSSR count). The van der Waals surface area contributed by atoms with Crippen LogP contribution >= 0.6 is 50.5 Å². The molecule has 0 fully saturated rings. The molecule has 0 saturated carbocycles. The fraction of sp³-hybridized carbons (Fsp3) is 0.250. The predicted octanol–water partition coefficient (Wildman–Crippen LogP) is 5.66. The topological polar surface area (TPSA) is 46.6 Å². The molecule has 0 N–H and O–H groups in total. The van der Waals surface area contributed by atoms with Crippen molar-refractivity contribution in [3.63, 3.8) is 0 Å². The van der Waals surface area contributed by atoms with Gasteiger partial charge in [-0.1, -0.05) is 23.2 Å². The van der Waals surface area contributed by atoms with Crippen molar-refractivity contribution in [2.75, 3.05) is 12.0 Å². The molecule has 0 unspecified atom stereocenters. The summed E-state index contributed by atoms with van der Waals surface area (Å²) in [5.41, 5.74) is 0.789. The monoisotopic (exact) mass is 449 g/mol. The van der Waals surface area contributed by atoms with Crippen LogP contribution in [0.4, 0.5) is 5.69 Å². The molecule has 24 heavy (non-hydrogen) atoms. The average molecular weight is 451 g/mol. The Balaban J connectivity index is 2.55. The van der Waals surface area contributed by atoms with E-state index in [1.54, 1.807) is 18.2 Å². The molecule has 0 aliphatic rings. The summed E-state index contributed by atoms with van der Waals surface area (Å²) in [6.07, 6.45) is 0. The van der Waals surface area contributed by atoms with E-state index in [1.807, 2.05) is 13.8 Å². The number of amides is 1. The number of rotatable bonds is 4. The smallest absolute Gasteiger partial charge is 0.350 e. The van der Waals surface area contributed by atoms with Crippen molar-refractivity contribution in [3.8, 4) is 0 Å². The van der Waals surface area contributed by atoms with Gasteiger partial charge in [0.05, 0.1) is 27.2 Å². The zero-order valence-corrected chi connectivity index (χ0v) is 17.0. The number of hydrogen-bond donors (Lipinski definition) is 0. The van der Waals surface area contributed by atoms with E-state index in [2.05, 4.69) is 15.9 Å². The molecule has 0 aliphatic heterocycles. The van der Waals surface area contributed by atoms with Gasteiger partial charge in [0.15, 0.2) is 0 Å². The number of thiophene rings is 1. The van der Waals surface area contributed by atoms with Crippen LogP contribution in [-0.2, 0) is 4.74 Å². The number of anilines is 1. The number of ether oxygens (including phenoxy) is 1. The van der Waals surface area contributed by atoms with E-state index in [1.165, 1.54) is 29.4 Å². The van der Waals surface area contributed by atoms with Gasteiger partial charge in [-0.2, -0.15) is 0 Å². The fourth-order valence-corrected chi connectivity index (χ4v) is 4.17. The lowest BCUT2D eigenvalue weighted by atomic mass is 10.1. The second-order valence-corrected chi connectivity index (χ2v) is 8.42. The van der Waals surface area contributed by atoms with Crippen LogP contribution in [0.2, 0.25) is 10.0 Å². The average Bonchev–Trinajstić information content (AvgIpc) is 2.87. The number of nitrogens with zero attached hydrogens (tertiary/aromatic N) is 1. The molecule has 0 saturated heterocycles. The summed E-state index contributed by atoms with van der Waals surface area (Å²) < 4.78 is 5.54. The zero-order valence-electron chi connectivity index (χ0n) is 13.1. The molecule has 2 aromatic rings. The third-order valence-electron chi connectivity index (χ3n) is 3.21. The number of benzene rings is 1. The summed E-state index contributed by atoms with van der Waals surface area (Å²) in [5.74, 6) is -0.816. The quantitative estimate of drug-likeness (QED) is 0.564. The maximum atomic E-state index is 13.0. The van der Waals surface area contributed by atoms with Gasteiger partial charge in [-0.15, -0.1) is 11.3 Å². The Morgan fingerprint density at radius 3 is 2.46 bits per heavy atom. The standard InChI is InChI=1S/C16H14BrCl2NO3S/c1-8(2)20(12-7-13(17)24-14(12)16(22)23-3)15(21)10-5-4-9(18)6-11(10)19/h4-8H,1-3H3. The van der Waals surface area contributed by atoms with E-state index in [9.17, 15) is 9.59 Å². The minimum atomic E-state index is -0.499. The van der Waals surface area contributed by atoms with E-state index in [0.717, 1.165) is 3.79 Å². The van der Waals surface area contributed by atoms with Gasteiger partial charge >= 0.3 is 5.97 Å². The van der Waals surface area contributed by atoms with E-state index < -0.39 is 5.97 Å². The normalized spacial score (nSPS) is 10.8. The minimum Gasteiger partial charge on any atom is -0.465 e. The molecule has 1 heterocycles. The van der Waals surface area contributed by atoms with E-state index in [0.29, 0.717) is 21.2 Å². The first kappa shape index (κ1) is 19.2. The van der Waals surface area contributed by atoms with E-state index in [-0.39, 0.29) is 17.0 Å². The van der Waals surface area contributed by atoms with Crippen LogP contribution in [0.25, 0.3) is 0 Å². The van der Waals surface area contributed by atoms with E-state index in [4.69, 9.17) is 27.9 Å². The second kappa shape index (κ2) is 7.87. The molecule has 128 valence electrons. The van der Waals surface area contributed by atoms with E-state index >= 15 is 0 Å². The van der Waals surface area contributed by atoms with Gasteiger partial charge in [0.25, 0.3) is 5.91 Å². The highest BCUT2D eigenvalue weighted by Crippen LogP contribution is 2.37. The van der Waals surface area contributed by atoms with Crippen molar-refractivity contribution in [2.24, 2.45) is 0 Å². The van der Waals surface area contributed by atoms with Crippen LogP contribution in [0.5, 0.6) is 0 Å². The summed E-state index contributed by atoms with van der Waals surface area (Å²) in [6.45, 7) is 3.71. The highest BCUT2D eigenvalue weighted by atomic mass is 79.9. The zero-order chi connectivity index (χ0) is 18.0. The molecule has 0 bridgehead atoms. The summed E-state index contributed by atoms with van der Waals surface area (Å²) in [4.78, 5) is 26.9. The van der Waals surface area contributed by atoms with Crippen molar-refractivity contribution < 1.29 is 14.3 Å². The van der Waals surface area contributed by atoms with Gasteiger partial charge < -0.3 is 9.64 Å². The Morgan fingerprint density at radius 2 is 1.92 bits per heavy atom. The molecule has 0 spiro atoms. The molecular formula is C16H14BrCl2NO3S. The molecule has 0 radical (unpaired) electrons. The first-order valence-corrected chi connectivity index (χ1v) is 9.29. The number of halogens is 3. The molecular weight excluding hydrogens is 437 g/mol. The number of esters is 1. The first-order valence-electron chi connectivity index (χ1n) is 6.92. The molecule has 4 nitrogen and oxygen atoms in total. The summed E-state index contributed by atoms with van der Waals surface area (Å²) in [6, 6.07) is 6.21. The lowest BCUT2D eigenvalue weighted by Crippen LogP contribution is -2.37. The van der Waals surface area contributed by atoms with Crippen LogP contribution in [0, 0.1) is 0 Å². The van der Waals surface area contributed by atoms with Gasteiger partial charge in [-0.3, -0.25) is 4.79 Å². The molecule has 1 aromatic carbocycles. The number of hydrogen-bond acceptors (Lipinski definition) is 4. The predicted molar refractivity (Wildman–Crippen MR) is 102 cm³/mol. The molecule has 0 aliphatic carbocycles. The highest BCUT2D eigenvalue weighted by molar-refractivity contribution is 9.11. The Hall–Kier alpha value is -1.08. The summed E-state index contributed by atoms with van der Waals surface area (Å²) in [5, 5.41) is 0.702. The van der Waals surface area contributed by atoms with Crippen molar-refractivity contribution in [2.45, 2.75) is 19.9 Å². The van der Waals surface area contributed by atoms with Gasteiger partial charge in [-0.25, -0.2) is 4.79 Å². The maximum Gasteiger partial charge on any atom is 0.350 e. The SMILES string of the molecule is COC(=O)c1sc(Br)cc1N(C(=O)c1ccc(Cl)cc1Cl)C(C)C. The third-order valence-corrected chi connectivity index (χ3v) is 5.36. The lowest BCUT2D eigenvalue weighted by molar-refractivity contribution is 0.0607. The van der Waals surface area contributed by atoms with Gasteiger partial charge in [0.1, 0.15) is 4.88 Å². The highest BCUT2D eigenvalue weighted by Gasteiger charge is 2.29. The largest absolute Gasteiger partial charge is 0.465 e. The van der Waals surface area contributed by atoms with Crippen LogP contribution < -0.4 is 4.90 Å². The third kappa shape index (κ3) is 3.94. The molecule has 8 heteroatoms. The second-order valence-electron chi connectivity index (χ2n) is 5.15. The van der Waals surface area contributed by atoms with Crippen molar-refractivity contribution in [1.82, 2.24) is 0 Å². The Labute approximate surface area is 162 Å². The maximum absolute atomic E-state index is 13.0. The van der Waals surface area contributed by atoms with Crippen LogP contribution in [0.3, 0.4) is 0 Å². The van der Waals surface area contributed by atoms with Crippen molar-refractivity contribution in [3.05, 3.63) is 48.5 Å². The number of methoxy groups -OCH3 is 1. The van der Waals surface area contributed by atoms with Crippen molar-refractivity contribution in [1.29, 1.82) is 0 Å². The van der Waals surface area contributed by atoms with Gasteiger partial charge in [0, 0.05) is 11.1 Å². The van der Waals surface area contributed by atoms with Crippen LogP contribution in [-0.4, -0.2) is 25.0 Å². The molecule has 1 amide bonds. The Bertz CT molecular complexity index is 792. The first-order chi connectivity index (χ1) is 11.3. The summed E-state index contributed by atoms with van der Waals surface area (Å²) in [7, 11) is 1.30. The number of carbonyl (C=O) groups excluding carboxylic acids is 2.